The predicted octanol–water partition coefficient (Wildman–Crippen LogP) is 3.66. The number of ether oxygens (including phenoxy) is 1. The summed E-state index contributed by atoms with van der Waals surface area (Å²) in [5.74, 6) is -0.0109. The van der Waals surface area contributed by atoms with Gasteiger partial charge in [-0.1, -0.05) is 18.2 Å². The first kappa shape index (κ1) is 21.3. The molecule has 0 spiro atoms. The van der Waals surface area contributed by atoms with E-state index < -0.39 is 15.9 Å². The zero-order chi connectivity index (χ0) is 21.2. The summed E-state index contributed by atoms with van der Waals surface area (Å²) >= 11 is 0. The molecule has 7 heteroatoms. The van der Waals surface area contributed by atoms with Crippen molar-refractivity contribution in [2.45, 2.75) is 38.5 Å². The SMILES string of the molecule is COc1ccc(C)cc1NC(=O)[C@@H]1CCCN(S(=O)(=O)c2cc(C)ccc2C)C1. The van der Waals surface area contributed by atoms with Gasteiger partial charge in [0.1, 0.15) is 5.75 Å². The molecule has 0 aromatic heterocycles. The first-order valence-electron chi connectivity index (χ1n) is 9.75. The van der Waals surface area contributed by atoms with Gasteiger partial charge in [0.05, 0.1) is 23.6 Å². The molecule has 1 amide bonds. The van der Waals surface area contributed by atoms with Gasteiger partial charge in [0.25, 0.3) is 0 Å². The summed E-state index contributed by atoms with van der Waals surface area (Å²) in [6, 6.07) is 11.0. The molecule has 1 heterocycles. The quantitative estimate of drug-likeness (QED) is 0.807. The van der Waals surface area contributed by atoms with Gasteiger partial charge < -0.3 is 10.1 Å². The van der Waals surface area contributed by atoms with Crippen molar-refractivity contribution in [1.29, 1.82) is 0 Å². The van der Waals surface area contributed by atoms with Crippen molar-refractivity contribution in [3.8, 4) is 5.75 Å². The van der Waals surface area contributed by atoms with Crippen LogP contribution >= 0.6 is 0 Å². The Morgan fingerprint density at radius 3 is 2.52 bits per heavy atom. The number of rotatable bonds is 5. The fourth-order valence-corrected chi connectivity index (χ4v) is 5.49. The number of amides is 1. The topological polar surface area (TPSA) is 75.7 Å². The van der Waals surface area contributed by atoms with Crippen molar-refractivity contribution in [2.75, 3.05) is 25.5 Å². The third kappa shape index (κ3) is 4.62. The van der Waals surface area contributed by atoms with Crippen LogP contribution in [0.1, 0.15) is 29.5 Å². The zero-order valence-electron chi connectivity index (χ0n) is 17.4. The van der Waals surface area contributed by atoms with E-state index in [1.165, 1.54) is 4.31 Å². The number of methoxy groups -OCH3 is 1. The molecule has 1 fully saturated rings. The Hall–Kier alpha value is -2.38. The standard InChI is InChI=1S/C22H28N2O4S/c1-15-8-10-20(28-4)19(12-15)23-22(25)18-6-5-11-24(14-18)29(26,27)21-13-16(2)7-9-17(21)3/h7-10,12-13,18H,5-6,11,14H2,1-4H3,(H,23,25)/t18-/m1/s1. The summed E-state index contributed by atoms with van der Waals surface area (Å²) in [7, 11) is -2.09. The van der Waals surface area contributed by atoms with Crippen LogP contribution in [0.2, 0.25) is 0 Å². The monoisotopic (exact) mass is 416 g/mol. The fraction of sp³-hybridized carbons (Fsp3) is 0.409. The van der Waals surface area contributed by atoms with Gasteiger partial charge in [-0.3, -0.25) is 4.79 Å². The van der Waals surface area contributed by atoms with E-state index in [1.54, 1.807) is 20.1 Å². The number of aryl methyl sites for hydroxylation is 3. The third-order valence-electron chi connectivity index (χ3n) is 5.33. The fourth-order valence-electron chi connectivity index (χ4n) is 3.65. The van der Waals surface area contributed by atoms with Crippen LogP contribution in [0.4, 0.5) is 5.69 Å². The Kier molecular flexibility index (Phi) is 6.29. The molecule has 2 aromatic rings. The molecule has 1 aliphatic rings. The molecule has 0 radical (unpaired) electrons. The first-order chi connectivity index (χ1) is 13.7. The van der Waals surface area contributed by atoms with Crippen LogP contribution in [0.15, 0.2) is 41.3 Å². The number of sulfonamides is 1. The van der Waals surface area contributed by atoms with Gasteiger partial charge in [0.2, 0.25) is 15.9 Å². The molecule has 0 bridgehead atoms. The second kappa shape index (κ2) is 8.55. The van der Waals surface area contributed by atoms with Gasteiger partial charge in [-0.2, -0.15) is 4.31 Å². The number of anilines is 1. The summed E-state index contributed by atoms with van der Waals surface area (Å²) in [5.41, 5.74) is 3.22. The third-order valence-corrected chi connectivity index (χ3v) is 7.34. The molecule has 1 atom stereocenters. The molecule has 0 saturated carbocycles. The number of carbonyl (C=O) groups is 1. The van der Waals surface area contributed by atoms with Gasteiger partial charge >= 0.3 is 0 Å². The summed E-state index contributed by atoms with van der Waals surface area (Å²) in [5, 5.41) is 2.92. The first-order valence-corrected chi connectivity index (χ1v) is 11.2. The molecule has 0 unspecified atom stereocenters. The van der Waals surface area contributed by atoms with E-state index in [0.717, 1.165) is 11.1 Å². The summed E-state index contributed by atoms with van der Waals surface area (Å²) < 4.78 is 33.2. The lowest BCUT2D eigenvalue weighted by atomic mass is 9.98. The molecule has 0 aliphatic carbocycles. The lowest BCUT2D eigenvalue weighted by Gasteiger charge is -2.31. The van der Waals surface area contributed by atoms with Crippen molar-refractivity contribution >= 4 is 21.6 Å². The van der Waals surface area contributed by atoms with E-state index in [2.05, 4.69) is 5.32 Å². The van der Waals surface area contributed by atoms with Crippen LogP contribution in [-0.2, 0) is 14.8 Å². The van der Waals surface area contributed by atoms with Gasteiger partial charge in [-0.25, -0.2) is 8.42 Å². The molecular weight excluding hydrogens is 388 g/mol. The van der Waals surface area contributed by atoms with E-state index in [0.29, 0.717) is 41.3 Å². The predicted molar refractivity (Wildman–Crippen MR) is 114 cm³/mol. The van der Waals surface area contributed by atoms with E-state index in [-0.39, 0.29) is 12.5 Å². The highest BCUT2D eigenvalue weighted by Crippen LogP contribution is 2.29. The van der Waals surface area contributed by atoms with Gasteiger partial charge in [-0.15, -0.1) is 0 Å². The molecule has 3 rings (SSSR count). The molecular formula is C22H28N2O4S. The lowest BCUT2D eigenvalue weighted by molar-refractivity contribution is -0.120. The highest BCUT2D eigenvalue weighted by Gasteiger charge is 2.34. The van der Waals surface area contributed by atoms with Crippen molar-refractivity contribution in [3.63, 3.8) is 0 Å². The smallest absolute Gasteiger partial charge is 0.243 e. The number of hydrogen-bond donors (Lipinski definition) is 1. The number of nitrogens with zero attached hydrogens (tertiary/aromatic N) is 1. The van der Waals surface area contributed by atoms with Crippen molar-refractivity contribution in [2.24, 2.45) is 5.92 Å². The second-order valence-electron chi connectivity index (χ2n) is 7.66. The van der Waals surface area contributed by atoms with E-state index in [1.807, 2.05) is 44.2 Å². The largest absolute Gasteiger partial charge is 0.495 e. The Morgan fingerprint density at radius 1 is 1.10 bits per heavy atom. The number of piperidine rings is 1. The molecule has 2 aromatic carbocycles. The minimum absolute atomic E-state index is 0.176. The summed E-state index contributed by atoms with van der Waals surface area (Å²) in [6.07, 6.45) is 1.30. The molecule has 29 heavy (non-hydrogen) atoms. The highest BCUT2D eigenvalue weighted by molar-refractivity contribution is 7.89. The van der Waals surface area contributed by atoms with Gasteiger partial charge in [0, 0.05) is 13.1 Å². The van der Waals surface area contributed by atoms with E-state index in [9.17, 15) is 13.2 Å². The van der Waals surface area contributed by atoms with Crippen LogP contribution < -0.4 is 10.1 Å². The molecule has 1 N–H and O–H groups in total. The number of carbonyl (C=O) groups excluding carboxylic acids is 1. The van der Waals surface area contributed by atoms with Crippen LogP contribution in [0.25, 0.3) is 0 Å². The maximum Gasteiger partial charge on any atom is 0.243 e. The Bertz CT molecular complexity index is 1020. The molecule has 1 aliphatic heterocycles. The number of hydrogen-bond acceptors (Lipinski definition) is 4. The minimum atomic E-state index is -3.65. The van der Waals surface area contributed by atoms with Crippen LogP contribution in [0.3, 0.4) is 0 Å². The second-order valence-corrected chi connectivity index (χ2v) is 9.57. The number of nitrogens with one attached hydrogen (secondary N) is 1. The maximum absolute atomic E-state index is 13.2. The average molecular weight is 417 g/mol. The van der Waals surface area contributed by atoms with Crippen LogP contribution in [-0.4, -0.2) is 38.8 Å². The van der Waals surface area contributed by atoms with E-state index >= 15 is 0 Å². The van der Waals surface area contributed by atoms with E-state index in [4.69, 9.17) is 4.74 Å². The van der Waals surface area contributed by atoms with Gasteiger partial charge in [-0.05, 0) is 68.5 Å². The highest BCUT2D eigenvalue weighted by atomic mass is 32.2. The Balaban J connectivity index is 1.79. The lowest BCUT2D eigenvalue weighted by Crippen LogP contribution is -2.43. The summed E-state index contributed by atoms with van der Waals surface area (Å²) in [6.45, 7) is 6.21. The summed E-state index contributed by atoms with van der Waals surface area (Å²) in [4.78, 5) is 13.2. The minimum Gasteiger partial charge on any atom is -0.495 e. The van der Waals surface area contributed by atoms with Gasteiger partial charge in [0.15, 0.2) is 0 Å². The molecule has 1 saturated heterocycles. The van der Waals surface area contributed by atoms with Crippen molar-refractivity contribution < 1.29 is 17.9 Å². The maximum atomic E-state index is 13.2. The number of benzene rings is 2. The molecule has 156 valence electrons. The Labute approximate surface area is 172 Å². The normalized spacial score (nSPS) is 17.7. The Morgan fingerprint density at radius 2 is 1.79 bits per heavy atom. The average Bonchev–Trinajstić information content (AvgIpc) is 2.70. The zero-order valence-corrected chi connectivity index (χ0v) is 18.2. The van der Waals surface area contributed by atoms with Crippen LogP contribution in [0, 0.1) is 26.7 Å². The molecule has 6 nitrogen and oxygen atoms in total. The van der Waals surface area contributed by atoms with Crippen LogP contribution in [0.5, 0.6) is 5.75 Å². The van der Waals surface area contributed by atoms with Crippen molar-refractivity contribution in [3.05, 3.63) is 53.1 Å². The van der Waals surface area contributed by atoms with Crippen molar-refractivity contribution in [1.82, 2.24) is 4.31 Å².